The fourth-order valence-corrected chi connectivity index (χ4v) is 3.08. The van der Waals surface area contributed by atoms with Crippen LogP contribution >= 0.6 is 0 Å². The van der Waals surface area contributed by atoms with Gasteiger partial charge in [-0.05, 0) is 32.7 Å². The average molecular weight is 283 g/mol. The maximum atomic E-state index is 12.4. The number of carbonyl (C=O) groups is 2. The van der Waals surface area contributed by atoms with E-state index in [4.69, 9.17) is 4.74 Å². The largest absolute Gasteiger partial charge is 0.375 e. The first-order valence-corrected chi connectivity index (χ1v) is 7.42. The standard InChI is InChI=1S/C14H25N3O3/c1-10-12(3-6-15-10)14(19)17-7-4-11(5-8-17)16-13(18)9-20-2/h10-12,15H,3-9H2,1-2H3,(H,16,18). The molecule has 0 spiro atoms. The van der Waals surface area contributed by atoms with Gasteiger partial charge >= 0.3 is 0 Å². The summed E-state index contributed by atoms with van der Waals surface area (Å²) in [6.45, 7) is 4.58. The molecule has 6 heteroatoms. The van der Waals surface area contributed by atoms with E-state index < -0.39 is 0 Å². The summed E-state index contributed by atoms with van der Waals surface area (Å²) in [5.74, 6) is 0.310. The van der Waals surface area contributed by atoms with Crippen molar-refractivity contribution in [2.24, 2.45) is 5.92 Å². The van der Waals surface area contributed by atoms with E-state index in [-0.39, 0.29) is 36.4 Å². The van der Waals surface area contributed by atoms with E-state index in [9.17, 15) is 9.59 Å². The number of nitrogens with zero attached hydrogens (tertiary/aromatic N) is 1. The molecular weight excluding hydrogens is 258 g/mol. The Kier molecular flexibility index (Phi) is 5.37. The second-order valence-corrected chi connectivity index (χ2v) is 5.74. The van der Waals surface area contributed by atoms with Crippen molar-refractivity contribution < 1.29 is 14.3 Å². The van der Waals surface area contributed by atoms with Gasteiger partial charge in [0, 0.05) is 32.3 Å². The first-order chi connectivity index (χ1) is 9.61. The third kappa shape index (κ3) is 3.70. The van der Waals surface area contributed by atoms with Crippen molar-refractivity contribution >= 4 is 11.8 Å². The van der Waals surface area contributed by atoms with Crippen LogP contribution in [0.3, 0.4) is 0 Å². The Bertz CT molecular complexity index is 354. The highest BCUT2D eigenvalue weighted by Gasteiger charge is 2.34. The Hall–Kier alpha value is -1.14. The molecule has 2 N–H and O–H groups in total. The molecule has 0 radical (unpaired) electrons. The first-order valence-electron chi connectivity index (χ1n) is 7.42. The molecular formula is C14H25N3O3. The summed E-state index contributed by atoms with van der Waals surface area (Å²) in [5.41, 5.74) is 0. The van der Waals surface area contributed by atoms with Crippen LogP contribution in [0.25, 0.3) is 0 Å². The van der Waals surface area contributed by atoms with Crippen LogP contribution in [0.4, 0.5) is 0 Å². The van der Waals surface area contributed by atoms with Crippen LogP contribution in [-0.2, 0) is 14.3 Å². The van der Waals surface area contributed by atoms with E-state index >= 15 is 0 Å². The molecule has 2 saturated heterocycles. The van der Waals surface area contributed by atoms with Gasteiger partial charge < -0.3 is 20.3 Å². The molecule has 2 aliphatic rings. The highest BCUT2D eigenvalue weighted by atomic mass is 16.5. The summed E-state index contributed by atoms with van der Waals surface area (Å²) in [6.07, 6.45) is 2.59. The summed E-state index contributed by atoms with van der Waals surface area (Å²) in [4.78, 5) is 25.8. The lowest BCUT2D eigenvalue weighted by molar-refractivity contribution is -0.137. The molecule has 2 amide bonds. The minimum Gasteiger partial charge on any atom is -0.375 e. The lowest BCUT2D eigenvalue weighted by Gasteiger charge is -2.34. The molecule has 0 aromatic heterocycles. The molecule has 20 heavy (non-hydrogen) atoms. The summed E-state index contributed by atoms with van der Waals surface area (Å²) in [6, 6.07) is 0.447. The molecule has 6 nitrogen and oxygen atoms in total. The van der Waals surface area contributed by atoms with E-state index in [0.717, 1.165) is 38.9 Å². The van der Waals surface area contributed by atoms with Gasteiger partial charge in [0.15, 0.2) is 0 Å². The van der Waals surface area contributed by atoms with E-state index in [1.54, 1.807) is 0 Å². The third-order valence-electron chi connectivity index (χ3n) is 4.29. The monoisotopic (exact) mass is 283 g/mol. The van der Waals surface area contributed by atoms with Gasteiger partial charge in [-0.3, -0.25) is 9.59 Å². The number of likely N-dealkylation sites (tertiary alicyclic amines) is 1. The van der Waals surface area contributed by atoms with E-state index in [0.29, 0.717) is 0 Å². The highest BCUT2D eigenvalue weighted by Crippen LogP contribution is 2.21. The zero-order chi connectivity index (χ0) is 14.5. The summed E-state index contributed by atoms with van der Waals surface area (Å²) in [7, 11) is 1.51. The van der Waals surface area contributed by atoms with E-state index in [2.05, 4.69) is 17.6 Å². The Balaban J connectivity index is 1.76. The third-order valence-corrected chi connectivity index (χ3v) is 4.29. The number of nitrogens with one attached hydrogen (secondary N) is 2. The molecule has 114 valence electrons. The van der Waals surface area contributed by atoms with Crippen LogP contribution in [-0.4, -0.2) is 62.1 Å². The molecule has 0 aliphatic carbocycles. The topological polar surface area (TPSA) is 70.7 Å². The van der Waals surface area contributed by atoms with Gasteiger partial charge in [0.2, 0.25) is 11.8 Å². The SMILES string of the molecule is COCC(=O)NC1CCN(C(=O)C2CCNC2C)CC1. The van der Waals surface area contributed by atoms with Crippen molar-refractivity contribution in [2.45, 2.75) is 38.3 Å². The molecule has 2 unspecified atom stereocenters. The number of ether oxygens (including phenoxy) is 1. The van der Waals surface area contributed by atoms with Crippen molar-refractivity contribution in [1.29, 1.82) is 0 Å². The maximum absolute atomic E-state index is 12.4. The minimum absolute atomic E-state index is 0.0779. The van der Waals surface area contributed by atoms with Crippen LogP contribution in [0, 0.1) is 5.92 Å². The zero-order valence-corrected chi connectivity index (χ0v) is 12.4. The van der Waals surface area contributed by atoms with Crippen LogP contribution in [0.15, 0.2) is 0 Å². The zero-order valence-electron chi connectivity index (χ0n) is 12.4. The van der Waals surface area contributed by atoms with Gasteiger partial charge in [-0.15, -0.1) is 0 Å². The second kappa shape index (κ2) is 7.04. The van der Waals surface area contributed by atoms with Crippen LogP contribution < -0.4 is 10.6 Å². The molecule has 0 saturated carbocycles. The van der Waals surface area contributed by atoms with Crippen molar-refractivity contribution in [1.82, 2.24) is 15.5 Å². The first kappa shape index (κ1) is 15.3. The fraction of sp³-hybridized carbons (Fsp3) is 0.857. The number of amides is 2. The minimum atomic E-state index is -0.0779. The number of piperidine rings is 1. The lowest BCUT2D eigenvalue weighted by Crippen LogP contribution is -2.49. The van der Waals surface area contributed by atoms with Crippen molar-refractivity contribution in [3.63, 3.8) is 0 Å². The average Bonchev–Trinajstić information content (AvgIpc) is 2.85. The Morgan fingerprint density at radius 1 is 1.30 bits per heavy atom. The molecule has 2 rings (SSSR count). The van der Waals surface area contributed by atoms with Gasteiger partial charge in [0.25, 0.3) is 0 Å². The highest BCUT2D eigenvalue weighted by molar-refractivity contribution is 5.80. The Labute approximate surface area is 120 Å². The Morgan fingerprint density at radius 2 is 2.00 bits per heavy atom. The molecule has 0 aromatic carbocycles. The van der Waals surface area contributed by atoms with Crippen LogP contribution in [0.5, 0.6) is 0 Å². The van der Waals surface area contributed by atoms with Gasteiger partial charge in [-0.2, -0.15) is 0 Å². The quantitative estimate of drug-likeness (QED) is 0.746. The molecule has 2 aliphatic heterocycles. The van der Waals surface area contributed by atoms with Gasteiger partial charge in [0.1, 0.15) is 6.61 Å². The number of hydrogen-bond acceptors (Lipinski definition) is 4. The van der Waals surface area contributed by atoms with E-state index in [1.165, 1.54) is 7.11 Å². The molecule has 2 heterocycles. The van der Waals surface area contributed by atoms with E-state index in [1.807, 2.05) is 4.90 Å². The number of methoxy groups -OCH3 is 1. The van der Waals surface area contributed by atoms with Gasteiger partial charge in [-0.1, -0.05) is 0 Å². The van der Waals surface area contributed by atoms with Crippen LogP contribution in [0.2, 0.25) is 0 Å². The van der Waals surface area contributed by atoms with Crippen molar-refractivity contribution in [3.8, 4) is 0 Å². The number of carbonyl (C=O) groups excluding carboxylic acids is 2. The normalized spacial score (nSPS) is 27.6. The predicted octanol–water partition coefficient (Wildman–Crippen LogP) is -0.262. The fourth-order valence-electron chi connectivity index (χ4n) is 3.08. The lowest BCUT2D eigenvalue weighted by atomic mass is 9.97. The number of hydrogen-bond donors (Lipinski definition) is 2. The van der Waals surface area contributed by atoms with Crippen molar-refractivity contribution in [2.75, 3.05) is 33.4 Å². The van der Waals surface area contributed by atoms with Gasteiger partial charge in [-0.25, -0.2) is 0 Å². The maximum Gasteiger partial charge on any atom is 0.246 e. The molecule has 2 fully saturated rings. The molecule has 0 bridgehead atoms. The molecule has 2 atom stereocenters. The predicted molar refractivity (Wildman–Crippen MR) is 75.2 cm³/mol. The smallest absolute Gasteiger partial charge is 0.246 e. The summed E-state index contributed by atoms with van der Waals surface area (Å²) in [5, 5.41) is 6.26. The van der Waals surface area contributed by atoms with Crippen molar-refractivity contribution in [3.05, 3.63) is 0 Å². The van der Waals surface area contributed by atoms with Gasteiger partial charge in [0.05, 0.1) is 5.92 Å². The number of rotatable bonds is 4. The second-order valence-electron chi connectivity index (χ2n) is 5.74. The summed E-state index contributed by atoms with van der Waals surface area (Å²) < 4.78 is 4.80. The molecule has 0 aromatic rings. The summed E-state index contributed by atoms with van der Waals surface area (Å²) >= 11 is 0. The Morgan fingerprint density at radius 3 is 2.55 bits per heavy atom. The van der Waals surface area contributed by atoms with Crippen LogP contribution in [0.1, 0.15) is 26.2 Å².